The quantitative estimate of drug-likeness (QED) is 0.603. The van der Waals surface area contributed by atoms with Gasteiger partial charge in [-0.3, -0.25) is 9.89 Å². The summed E-state index contributed by atoms with van der Waals surface area (Å²) in [6.07, 6.45) is 3.77. The van der Waals surface area contributed by atoms with E-state index in [0.717, 1.165) is 22.6 Å². The third-order valence-electron chi connectivity index (χ3n) is 4.39. The fourth-order valence-corrected chi connectivity index (χ4v) is 2.98. The van der Waals surface area contributed by atoms with Crippen molar-refractivity contribution < 1.29 is 4.79 Å². The predicted molar refractivity (Wildman–Crippen MR) is 99.6 cm³/mol. The maximum Gasteiger partial charge on any atom is 0.272 e. The lowest BCUT2D eigenvalue weighted by Crippen LogP contribution is -2.31. The second kappa shape index (κ2) is 6.84. The Kier molecular flexibility index (Phi) is 4.23. The number of carbonyl (C=O) groups is 1. The smallest absolute Gasteiger partial charge is 0.272 e. The Morgan fingerprint density at radius 2 is 1.96 bits per heavy atom. The average molecular weight is 345 g/mol. The third kappa shape index (κ3) is 2.97. The molecular weight excluding hydrogens is 326 g/mol. The van der Waals surface area contributed by atoms with E-state index in [-0.39, 0.29) is 5.91 Å². The first-order valence-electron chi connectivity index (χ1n) is 8.57. The van der Waals surface area contributed by atoms with E-state index in [1.54, 1.807) is 11.0 Å². The van der Waals surface area contributed by atoms with Gasteiger partial charge in [-0.25, -0.2) is 4.98 Å². The van der Waals surface area contributed by atoms with Gasteiger partial charge in [-0.1, -0.05) is 36.4 Å². The normalized spacial score (nSPS) is 11.0. The molecule has 4 aromatic rings. The Morgan fingerprint density at radius 3 is 2.77 bits per heavy atom. The first-order chi connectivity index (χ1) is 12.8. The molecule has 0 aliphatic rings. The summed E-state index contributed by atoms with van der Waals surface area (Å²) in [5.41, 5.74) is 4.07. The molecule has 130 valence electrons. The molecule has 0 bridgehead atoms. The predicted octanol–water partition coefficient (Wildman–Crippen LogP) is 3.39. The van der Waals surface area contributed by atoms with E-state index in [2.05, 4.69) is 15.2 Å². The van der Waals surface area contributed by atoms with E-state index in [4.69, 9.17) is 0 Å². The molecule has 3 aromatic heterocycles. The molecule has 6 heteroatoms. The molecule has 0 aliphatic heterocycles. The van der Waals surface area contributed by atoms with Crippen LogP contribution in [-0.4, -0.2) is 36.9 Å². The standard InChI is InChI=1S/C20H19N5O/c1-2-24(14-16-13-21-19-10-6-7-11-25(16)19)20(26)18-12-17(22-23-18)15-8-4-3-5-9-15/h3-13H,2,14H2,1H3,(H,22,23). The number of benzene rings is 1. The molecule has 1 amide bonds. The van der Waals surface area contributed by atoms with Crippen molar-refractivity contribution in [2.45, 2.75) is 13.5 Å². The van der Waals surface area contributed by atoms with E-state index >= 15 is 0 Å². The van der Waals surface area contributed by atoms with Crippen molar-refractivity contribution >= 4 is 11.6 Å². The van der Waals surface area contributed by atoms with E-state index in [1.165, 1.54) is 0 Å². The van der Waals surface area contributed by atoms with Gasteiger partial charge in [0.25, 0.3) is 5.91 Å². The number of hydrogen-bond acceptors (Lipinski definition) is 3. The zero-order valence-corrected chi connectivity index (χ0v) is 14.5. The number of pyridine rings is 1. The van der Waals surface area contributed by atoms with Crippen LogP contribution in [0.1, 0.15) is 23.1 Å². The van der Waals surface area contributed by atoms with Gasteiger partial charge in [-0.15, -0.1) is 0 Å². The molecule has 0 saturated heterocycles. The number of hydrogen-bond donors (Lipinski definition) is 1. The number of rotatable bonds is 5. The highest BCUT2D eigenvalue weighted by Crippen LogP contribution is 2.18. The lowest BCUT2D eigenvalue weighted by molar-refractivity contribution is 0.0744. The monoisotopic (exact) mass is 345 g/mol. The molecule has 0 unspecified atom stereocenters. The van der Waals surface area contributed by atoms with Gasteiger partial charge in [0.15, 0.2) is 0 Å². The first kappa shape index (κ1) is 16.1. The van der Waals surface area contributed by atoms with Crippen LogP contribution in [0.25, 0.3) is 16.9 Å². The fraction of sp³-hybridized carbons (Fsp3) is 0.150. The zero-order valence-electron chi connectivity index (χ0n) is 14.5. The second-order valence-electron chi connectivity index (χ2n) is 6.03. The number of amides is 1. The molecule has 0 atom stereocenters. The van der Waals surface area contributed by atoms with Crippen LogP contribution in [0.5, 0.6) is 0 Å². The summed E-state index contributed by atoms with van der Waals surface area (Å²) in [4.78, 5) is 19.1. The second-order valence-corrected chi connectivity index (χ2v) is 6.03. The summed E-state index contributed by atoms with van der Waals surface area (Å²) in [7, 11) is 0. The highest BCUT2D eigenvalue weighted by atomic mass is 16.2. The summed E-state index contributed by atoms with van der Waals surface area (Å²) >= 11 is 0. The number of aromatic nitrogens is 4. The van der Waals surface area contributed by atoms with Gasteiger partial charge >= 0.3 is 0 Å². The van der Waals surface area contributed by atoms with Gasteiger partial charge in [-0.2, -0.15) is 5.10 Å². The van der Waals surface area contributed by atoms with Gasteiger partial charge in [0.05, 0.1) is 24.1 Å². The van der Waals surface area contributed by atoms with E-state index < -0.39 is 0 Å². The molecule has 0 saturated carbocycles. The summed E-state index contributed by atoms with van der Waals surface area (Å²) < 4.78 is 2.00. The van der Waals surface area contributed by atoms with Crippen LogP contribution < -0.4 is 0 Å². The van der Waals surface area contributed by atoms with Gasteiger partial charge in [0, 0.05) is 18.3 Å². The Balaban J connectivity index is 1.57. The minimum atomic E-state index is -0.0759. The van der Waals surface area contributed by atoms with Gasteiger partial charge in [0.1, 0.15) is 11.3 Å². The van der Waals surface area contributed by atoms with Gasteiger partial charge in [0.2, 0.25) is 0 Å². The third-order valence-corrected chi connectivity index (χ3v) is 4.39. The first-order valence-corrected chi connectivity index (χ1v) is 8.57. The molecule has 1 aromatic carbocycles. The van der Waals surface area contributed by atoms with Crippen LogP contribution in [0.15, 0.2) is 67.0 Å². The van der Waals surface area contributed by atoms with Crippen LogP contribution in [0, 0.1) is 0 Å². The minimum absolute atomic E-state index is 0.0759. The van der Waals surface area contributed by atoms with Gasteiger partial charge in [-0.05, 0) is 25.1 Å². The lowest BCUT2D eigenvalue weighted by Gasteiger charge is -2.19. The van der Waals surface area contributed by atoms with Crippen LogP contribution >= 0.6 is 0 Å². The molecule has 3 heterocycles. The number of fused-ring (bicyclic) bond motifs is 1. The van der Waals surface area contributed by atoms with Gasteiger partial charge < -0.3 is 9.30 Å². The van der Waals surface area contributed by atoms with Crippen molar-refractivity contribution in [3.63, 3.8) is 0 Å². The summed E-state index contributed by atoms with van der Waals surface area (Å²) in [6, 6.07) is 17.5. The van der Waals surface area contributed by atoms with E-state index in [0.29, 0.717) is 18.8 Å². The van der Waals surface area contributed by atoms with Crippen LogP contribution in [-0.2, 0) is 6.54 Å². The maximum atomic E-state index is 12.9. The number of aromatic amines is 1. The molecule has 0 aliphatic carbocycles. The zero-order chi connectivity index (χ0) is 17.9. The Labute approximate surface area is 151 Å². The Bertz CT molecular complexity index is 1030. The molecule has 0 fully saturated rings. The molecular formula is C20H19N5O. The summed E-state index contributed by atoms with van der Waals surface area (Å²) in [5.74, 6) is -0.0759. The number of nitrogens with zero attached hydrogens (tertiary/aromatic N) is 4. The molecule has 0 radical (unpaired) electrons. The molecule has 26 heavy (non-hydrogen) atoms. The average Bonchev–Trinajstić information content (AvgIpc) is 3.34. The number of imidazole rings is 1. The van der Waals surface area contributed by atoms with Crippen molar-refractivity contribution in [2.75, 3.05) is 6.54 Å². The van der Waals surface area contributed by atoms with E-state index in [9.17, 15) is 4.79 Å². The van der Waals surface area contributed by atoms with Crippen molar-refractivity contribution in [3.05, 3.63) is 78.4 Å². The summed E-state index contributed by atoms with van der Waals surface area (Å²) in [6.45, 7) is 3.05. The van der Waals surface area contributed by atoms with Crippen molar-refractivity contribution in [1.29, 1.82) is 0 Å². The Morgan fingerprint density at radius 1 is 1.15 bits per heavy atom. The molecule has 4 rings (SSSR count). The Hall–Kier alpha value is -3.41. The van der Waals surface area contributed by atoms with Crippen LogP contribution in [0.2, 0.25) is 0 Å². The van der Waals surface area contributed by atoms with Crippen LogP contribution in [0.4, 0.5) is 0 Å². The number of nitrogens with one attached hydrogen (secondary N) is 1. The largest absolute Gasteiger partial charge is 0.332 e. The van der Waals surface area contributed by atoms with Crippen molar-refractivity contribution in [3.8, 4) is 11.3 Å². The lowest BCUT2D eigenvalue weighted by atomic mass is 10.1. The molecule has 6 nitrogen and oxygen atoms in total. The fourth-order valence-electron chi connectivity index (χ4n) is 2.98. The molecule has 1 N–H and O–H groups in total. The highest BCUT2D eigenvalue weighted by molar-refractivity contribution is 5.93. The van der Waals surface area contributed by atoms with Crippen molar-refractivity contribution in [2.24, 2.45) is 0 Å². The topological polar surface area (TPSA) is 66.3 Å². The highest BCUT2D eigenvalue weighted by Gasteiger charge is 2.19. The molecule has 0 spiro atoms. The number of H-pyrrole nitrogens is 1. The SMILES string of the molecule is CCN(Cc1cnc2ccccn12)C(=O)c1cc(-c2ccccc2)n[nH]1. The van der Waals surface area contributed by atoms with E-state index in [1.807, 2.05) is 72.2 Å². The summed E-state index contributed by atoms with van der Waals surface area (Å²) in [5, 5.41) is 7.15. The minimum Gasteiger partial charge on any atom is -0.332 e. The maximum absolute atomic E-state index is 12.9. The number of carbonyl (C=O) groups excluding carboxylic acids is 1. The van der Waals surface area contributed by atoms with Crippen molar-refractivity contribution in [1.82, 2.24) is 24.5 Å². The van der Waals surface area contributed by atoms with Crippen LogP contribution in [0.3, 0.4) is 0 Å².